The molecule has 192 valence electrons. The minimum absolute atomic E-state index is 0.116. The largest absolute Gasteiger partial charge is 0.459 e. The number of carbonyl (C=O) groups excluding carboxylic acids is 2. The zero-order valence-corrected chi connectivity index (χ0v) is 25.6. The first kappa shape index (κ1) is 29.8. The van der Waals surface area contributed by atoms with Crippen LogP contribution in [-0.4, -0.2) is 31.8 Å². The molecule has 0 heterocycles. The predicted molar refractivity (Wildman–Crippen MR) is 152 cm³/mol. The first-order valence-corrected chi connectivity index (χ1v) is 15.8. The summed E-state index contributed by atoms with van der Waals surface area (Å²) in [6.07, 6.45) is -0.731. The van der Waals surface area contributed by atoms with Gasteiger partial charge in [-0.3, -0.25) is 15.0 Å². The molecule has 0 saturated carbocycles. The van der Waals surface area contributed by atoms with Crippen molar-refractivity contribution >= 4 is 54.4 Å². The van der Waals surface area contributed by atoms with Gasteiger partial charge >= 0.3 is 5.97 Å². The molecule has 2 rings (SSSR count). The molecule has 6 nitrogen and oxygen atoms in total. The van der Waals surface area contributed by atoms with E-state index in [9.17, 15) is 9.59 Å². The number of hydrazine groups is 1. The second-order valence-electron chi connectivity index (χ2n) is 10.9. The van der Waals surface area contributed by atoms with Gasteiger partial charge in [0.15, 0.2) is 14.4 Å². The Kier molecular flexibility index (Phi) is 9.97. The second kappa shape index (κ2) is 11.7. The molecule has 2 N–H and O–H groups in total. The van der Waals surface area contributed by atoms with Crippen LogP contribution in [0.25, 0.3) is 0 Å². The first-order valence-electron chi connectivity index (χ1n) is 11.5. The van der Waals surface area contributed by atoms with Crippen molar-refractivity contribution < 1.29 is 18.8 Å². The highest BCUT2D eigenvalue weighted by Crippen LogP contribution is 2.41. The zero-order valence-electron chi connectivity index (χ0n) is 21.7. The van der Waals surface area contributed by atoms with E-state index in [4.69, 9.17) is 20.8 Å². The maximum Gasteiger partial charge on any atom is 0.328 e. The average Bonchev–Trinajstić information content (AvgIpc) is 2.71. The molecule has 1 amide bonds. The van der Waals surface area contributed by atoms with Crippen molar-refractivity contribution in [1.29, 1.82) is 0 Å². The second-order valence-corrected chi connectivity index (χ2v) is 17.3. The molecule has 9 heteroatoms. The van der Waals surface area contributed by atoms with Gasteiger partial charge in [0.25, 0.3) is 5.91 Å². The van der Waals surface area contributed by atoms with E-state index < -0.39 is 32.0 Å². The fraction of sp³-hybridized carbons (Fsp3) is 0.462. The third-order valence-corrected chi connectivity index (χ3v) is 11.5. The molecule has 2 aromatic rings. The highest BCUT2D eigenvalue weighted by molar-refractivity contribution is 14.1. The summed E-state index contributed by atoms with van der Waals surface area (Å²) in [5.74, 6) is -0.892. The van der Waals surface area contributed by atoms with Gasteiger partial charge in [-0.25, -0.2) is 5.43 Å². The Morgan fingerprint density at radius 1 is 1.00 bits per heavy atom. The molecule has 0 aromatic heterocycles. The number of esters is 1. The molecule has 0 aliphatic rings. The lowest BCUT2D eigenvalue weighted by Gasteiger charge is -2.41. The van der Waals surface area contributed by atoms with Gasteiger partial charge in [-0.05, 0) is 91.3 Å². The topological polar surface area (TPSA) is 76.7 Å². The van der Waals surface area contributed by atoms with Crippen LogP contribution in [0.2, 0.25) is 23.2 Å². The Hall–Kier alpha value is -1.46. The third kappa shape index (κ3) is 8.56. The number of nitrogens with one attached hydrogen (secondary N) is 2. The molecule has 0 aliphatic carbocycles. The van der Waals surface area contributed by atoms with E-state index in [1.165, 1.54) is 0 Å². The molecule has 0 aliphatic heterocycles. The van der Waals surface area contributed by atoms with Crippen molar-refractivity contribution in [2.24, 2.45) is 0 Å². The maximum atomic E-state index is 13.5. The van der Waals surface area contributed by atoms with Gasteiger partial charge in [0.1, 0.15) is 5.60 Å². The Morgan fingerprint density at radius 2 is 1.60 bits per heavy atom. The van der Waals surface area contributed by atoms with Gasteiger partial charge in [0, 0.05) is 14.2 Å². The number of ether oxygens (including phenoxy) is 1. The minimum atomic E-state index is -2.37. The van der Waals surface area contributed by atoms with Crippen LogP contribution < -0.4 is 10.9 Å². The molecular weight excluding hydrogens is 595 g/mol. The van der Waals surface area contributed by atoms with E-state index in [1.54, 1.807) is 51.1 Å². The summed E-state index contributed by atoms with van der Waals surface area (Å²) in [6, 6.07) is 13.2. The number of halogens is 2. The van der Waals surface area contributed by atoms with Gasteiger partial charge in [-0.15, -0.1) is 0 Å². The SMILES string of the molecule is CC(C)(C)OC(=O)[C@@H](NNC(=O)c1ccccc1)[C@@H](O[Si](C)(C)C(C)(C)C)c1ccc(Cl)cc1I. The van der Waals surface area contributed by atoms with Crippen molar-refractivity contribution in [1.82, 2.24) is 10.9 Å². The smallest absolute Gasteiger partial charge is 0.328 e. The van der Waals surface area contributed by atoms with Gasteiger partial charge < -0.3 is 9.16 Å². The van der Waals surface area contributed by atoms with Crippen LogP contribution in [0.1, 0.15) is 63.6 Å². The van der Waals surface area contributed by atoms with Crippen LogP contribution in [0.4, 0.5) is 0 Å². The number of benzene rings is 2. The molecule has 35 heavy (non-hydrogen) atoms. The molecule has 0 bridgehead atoms. The summed E-state index contributed by atoms with van der Waals surface area (Å²) >= 11 is 8.42. The van der Waals surface area contributed by atoms with Gasteiger partial charge in [0.2, 0.25) is 0 Å². The van der Waals surface area contributed by atoms with E-state index in [1.807, 2.05) is 18.2 Å². The van der Waals surface area contributed by atoms with Crippen LogP contribution in [-0.2, 0) is 14.0 Å². The lowest BCUT2D eigenvalue weighted by atomic mass is 10.0. The Bertz CT molecular complexity index is 1040. The number of carbonyl (C=O) groups is 2. The lowest BCUT2D eigenvalue weighted by molar-refractivity contribution is -0.160. The van der Waals surface area contributed by atoms with Crippen molar-refractivity contribution in [3.63, 3.8) is 0 Å². The van der Waals surface area contributed by atoms with Crippen LogP contribution in [0.15, 0.2) is 48.5 Å². The summed E-state index contributed by atoms with van der Waals surface area (Å²) in [7, 11) is -2.37. The molecule has 2 atom stereocenters. The summed E-state index contributed by atoms with van der Waals surface area (Å²) in [5, 5.41) is 0.470. The van der Waals surface area contributed by atoms with E-state index in [2.05, 4.69) is 67.3 Å². The van der Waals surface area contributed by atoms with Crippen LogP contribution in [0.5, 0.6) is 0 Å². The van der Waals surface area contributed by atoms with Crippen molar-refractivity contribution in [2.45, 2.75) is 77.4 Å². The third-order valence-electron chi connectivity index (χ3n) is 5.84. The highest BCUT2D eigenvalue weighted by atomic mass is 127. The molecular formula is C26H36ClIN2O4Si. The standard InChI is InChI=1S/C26H36ClIN2O4Si/c1-25(2,3)33-24(32)21(29-30-23(31)17-12-10-9-11-13-17)22(34-35(7,8)26(4,5)6)19-15-14-18(27)16-20(19)28/h9-16,21-22,29H,1-8H3,(H,30,31)/t21-,22-/m0/s1. The average molecular weight is 631 g/mol. The molecule has 0 spiro atoms. The summed E-state index contributed by atoms with van der Waals surface area (Å²) in [4.78, 5) is 26.3. The molecule has 0 unspecified atom stereocenters. The van der Waals surface area contributed by atoms with Crippen molar-refractivity contribution in [3.8, 4) is 0 Å². The quantitative estimate of drug-likeness (QED) is 0.148. The van der Waals surface area contributed by atoms with Gasteiger partial charge in [-0.2, -0.15) is 0 Å². The normalized spacial score (nSPS) is 14.2. The van der Waals surface area contributed by atoms with Crippen molar-refractivity contribution in [2.75, 3.05) is 0 Å². The Balaban J connectivity index is 2.53. The Labute approximate surface area is 228 Å². The van der Waals surface area contributed by atoms with Crippen LogP contribution in [0, 0.1) is 3.57 Å². The monoisotopic (exact) mass is 630 g/mol. The van der Waals surface area contributed by atoms with E-state index in [0.717, 1.165) is 9.13 Å². The first-order chi connectivity index (χ1) is 16.0. The summed E-state index contributed by atoms with van der Waals surface area (Å²) < 4.78 is 13.4. The molecule has 0 fully saturated rings. The highest BCUT2D eigenvalue weighted by Gasteiger charge is 2.44. The van der Waals surface area contributed by atoms with Gasteiger partial charge in [-0.1, -0.05) is 56.6 Å². The number of amides is 1. The molecule has 0 radical (unpaired) electrons. The summed E-state index contributed by atoms with van der Waals surface area (Å²) in [5.41, 5.74) is 6.16. The van der Waals surface area contributed by atoms with Gasteiger partial charge in [0.05, 0.1) is 6.10 Å². The fourth-order valence-corrected chi connectivity index (χ4v) is 5.40. The Morgan fingerprint density at radius 3 is 2.11 bits per heavy atom. The van der Waals surface area contributed by atoms with Crippen molar-refractivity contribution in [3.05, 3.63) is 68.3 Å². The van der Waals surface area contributed by atoms with E-state index in [-0.39, 0.29) is 10.9 Å². The van der Waals surface area contributed by atoms with E-state index in [0.29, 0.717) is 10.6 Å². The predicted octanol–water partition coefficient (Wildman–Crippen LogP) is 6.65. The van der Waals surface area contributed by atoms with Crippen LogP contribution >= 0.6 is 34.2 Å². The molecule has 2 aromatic carbocycles. The molecule has 0 saturated heterocycles. The van der Waals surface area contributed by atoms with E-state index >= 15 is 0 Å². The lowest BCUT2D eigenvalue weighted by Crippen LogP contribution is -2.55. The minimum Gasteiger partial charge on any atom is -0.459 e. The number of rotatable bonds is 8. The fourth-order valence-electron chi connectivity index (χ4n) is 2.97. The maximum absolute atomic E-state index is 13.5. The number of hydrogen-bond donors (Lipinski definition) is 2. The number of hydrogen-bond acceptors (Lipinski definition) is 5. The summed E-state index contributed by atoms with van der Waals surface area (Å²) in [6.45, 7) is 16.1. The zero-order chi connectivity index (χ0) is 26.6. The van der Waals surface area contributed by atoms with Crippen LogP contribution in [0.3, 0.4) is 0 Å².